The Labute approximate surface area is 118 Å². The summed E-state index contributed by atoms with van der Waals surface area (Å²) in [5.74, 6) is 0.0535. The van der Waals surface area contributed by atoms with Crippen molar-refractivity contribution in [2.45, 2.75) is 18.2 Å². The topological polar surface area (TPSA) is 68.1 Å². The quantitative estimate of drug-likeness (QED) is 0.845. The predicted molar refractivity (Wildman–Crippen MR) is 74.3 cm³/mol. The number of nitrogens with zero attached hydrogens (tertiary/aromatic N) is 4. The normalized spacial score (nSPS) is 20.3. The molecule has 0 amide bonds. The van der Waals surface area contributed by atoms with E-state index in [-0.39, 0.29) is 11.8 Å². The maximum absolute atomic E-state index is 12.4. The number of hydrogen-bond acceptors (Lipinski definition) is 4. The van der Waals surface area contributed by atoms with Crippen molar-refractivity contribution < 1.29 is 8.42 Å². The lowest BCUT2D eigenvalue weighted by molar-refractivity contribution is 0.428. The van der Waals surface area contributed by atoms with Gasteiger partial charge in [0.2, 0.25) is 10.0 Å². The molecule has 0 bridgehead atoms. The average Bonchev–Trinajstić information content (AvgIpc) is 3.11. The van der Waals surface area contributed by atoms with Crippen molar-refractivity contribution in [2.75, 3.05) is 13.1 Å². The first-order valence-corrected chi connectivity index (χ1v) is 8.13. The molecule has 0 aliphatic carbocycles. The predicted octanol–water partition coefficient (Wildman–Crippen LogP) is 1.05. The summed E-state index contributed by atoms with van der Waals surface area (Å²) in [6, 6.07) is 9.35. The Balaban J connectivity index is 1.70. The van der Waals surface area contributed by atoms with E-state index < -0.39 is 10.0 Å². The fourth-order valence-electron chi connectivity index (χ4n) is 2.47. The van der Waals surface area contributed by atoms with Crippen LogP contribution < -0.4 is 0 Å². The van der Waals surface area contributed by atoms with Gasteiger partial charge < -0.3 is 0 Å². The smallest absolute Gasteiger partial charge is 0.218 e. The fourth-order valence-corrected chi connectivity index (χ4v) is 4.05. The van der Waals surface area contributed by atoms with Crippen molar-refractivity contribution >= 4 is 10.0 Å². The third kappa shape index (κ3) is 2.73. The van der Waals surface area contributed by atoms with Gasteiger partial charge in [-0.05, 0) is 12.0 Å². The maximum Gasteiger partial charge on any atom is 0.218 e. The highest BCUT2D eigenvalue weighted by atomic mass is 32.2. The van der Waals surface area contributed by atoms with Gasteiger partial charge in [0.25, 0.3) is 0 Å². The van der Waals surface area contributed by atoms with Gasteiger partial charge in [0, 0.05) is 19.3 Å². The highest BCUT2D eigenvalue weighted by Gasteiger charge is 2.32. The van der Waals surface area contributed by atoms with Gasteiger partial charge in [-0.15, -0.1) is 5.10 Å². The fraction of sp³-hybridized carbons (Fsp3) is 0.385. The molecule has 20 heavy (non-hydrogen) atoms. The van der Waals surface area contributed by atoms with Gasteiger partial charge in [-0.25, -0.2) is 13.1 Å². The minimum atomic E-state index is -3.27. The van der Waals surface area contributed by atoms with Crippen LogP contribution in [0.25, 0.3) is 0 Å². The van der Waals surface area contributed by atoms with Crippen LogP contribution in [-0.4, -0.2) is 40.8 Å². The third-order valence-corrected chi connectivity index (χ3v) is 5.34. The first kappa shape index (κ1) is 13.3. The summed E-state index contributed by atoms with van der Waals surface area (Å²) in [5, 5.41) is 7.71. The zero-order chi connectivity index (χ0) is 14.0. The van der Waals surface area contributed by atoms with Gasteiger partial charge in [0.15, 0.2) is 0 Å². The van der Waals surface area contributed by atoms with E-state index in [1.165, 1.54) is 0 Å². The molecule has 6 nitrogen and oxygen atoms in total. The third-order valence-electron chi connectivity index (χ3n) is 3.53. The summed E-state index contributed by atoms with van der Waals surface area (Å²) in [7, 11) is -3.27. The van der Waals surface area contributed by atoms with Crippen LogP contribution in [0.5, 0.6) is 0 Å². The molecule has 2 heterocycles. The molecule has 106 valence electrons. The van der Waals surface area contributed by atoms with Crippen LogP contribution in [0.15, 0.2) is 42.7 Å². The first-order valence-electron chi connectivity index (χ1n) is 6.53. The Hall–Kier alpha value is -1.73. The molecule has 0 N–H and O–H groups in total. The highest BCUT2D eigenvalue weighted by molar-refractivity contribution is 7.88. The van der Waals surface area contributed by atoms with Crippen molar-refractivity contribution in [3.8, 4) is 0 Å². The van der Waals surface area contributed by atoms with E-state index in [1.54, 1.807) is 21.4 Å². The van der Waals surface area contributed by atoms with Crippen LogP contribution in [0.4, 0.5) is 0 Å². The Morgan fingerprint density at radius 2 is 2.05 bits per heavy atom. The number of benzene rings is 1. The zero-order valence-corrected chi connectivity index (χ0v) is 11.8. The molecule has 7 heteroatoms. The Morgan fingerprint density at radius 1 is 1.25 bits per heavy atom. The van der Waals surface area contributed by atoms with Crippen LogP contribution in [0.2, 0.25) is 0 Å². The van der Waals surface area contributed by atoms with Crippen LogP contribution in [-0.2, 0) is 15.8 Å². The lowest BCUT2D eigenvalue weighted by Crippen LogP contribution is -2.30. The number of hydrogen-bond donors (Lipinski definition) is 0. The highest BCUT2D eigenvalue weighted by Crippen LogP contribution is 2.24. The minimum absolute atomic E-state index is 0.0535. The lowest BCUT2D eigenvalue weighted by Gasteiger charge is -2.16. The summed E-state index contributed by atoms with van der Waals surface area (Å²) < 4.78 is 28.1. The molecular weight excluding hydrogens is 276 g/mol. The molecular formula is C13H16N4O2S. The first-order chi connectivity index (χ1) is 9.65. The lowest BCUT2D eigenvalue weighted by atomic mass is 10.2. The Bertz CT molecular complexity index is 655. The number of sulfonamides is 1. The summed E-state index contributed by atoms with van der Waals surface area (Å²) >= 11 is 0. The monoisotopic (exact) mass is 292 g/mol. The van der Waals surface area contributed by atoms with Crippen molar-refractivity contribution in [1.29, 1.82) is 0 Å². The molecule has 1 aromatic carbocycles. The van der Waals surface area contributed by atoms with Crippen molar-refractivity contribution in [3.05, 3.63) is 48.3 Å². The van der Waals surface area contributed by atoms with E-state index >= 15 is 0 Å². The molecule has 0 radical (unpaired) electrons. The molecule has 0 spiro atoms. The Morgan fingerprint density at radius 3 is 2.75 bits per heavy atom. The molecule has 0 saturated carbocycles. The number of aromatic nitrogens is 3. The standard InChI is InChI=1S/C13H16N4O2S/c18-20(19,11-12-4-2-1-3-5-12)16-8-6-13(10-16)17-9-7-14-15-17/h1-5,7,9,13H,6,8,10-11H2/t13-/m0/s1. The van der Waals surface area contributed by atoms with E-state index in [4.69, 9.17) is 0 Å². The average molecular weight is 292 g/mol. The minimum Gasteiger partial charge on any atom is -0.248 e. The van der Waals surface area contributed by atoms with Crippen molar-refractivity contribution in [2.24, 2.45) is 0 Å². The molecule has 0 unspecified atom stereocenters. The summed E-state index contributed by atoms with van der Waals surface area (Å²) in [4.78, 5) is 0. The van der Waals surface area contributed by atoms with E-state index in [0.29, 0.717) is 13.1 Å². The van der Waals surface area contributed by atoms with Gasteiger partial charge in [0.1, 0.15) is 0 Å². The molecule has 2 aromatic rings. The van der Waals surface area contributed by atoms with E-state index in [1.807, 2.05) is 30.3 Å². The van der Waals surface area contributed by atoms with Gasteiger partial charge in [-0.1, -0.05) is 35.5 Å². The molecule has 1 aromatic heterocycles. The van der Waals surface area contributed by atoms with Gasteiger partial charge in [0.05, 0.1) is 18.0 Å². The van der Waals surface area contributed by atoms with Gasteiger partial charge >= 0.3 is 0 Å². The van der Waals surface area contributed by atoms with Crippen LogP contribution in [0.1, 0.15) is 18.0 Å². The summed E-state index contributed by atoms with van der Waals surface area (Å²) in [6.07, 6.45) is 4.16. The number of rotatable bonds is 4. The second-order valence-corrected chi connectivity index (χ2v) is 6.89. The summed E-state index contributed by atoms with van der Waals surface area (Å²) in [5.41, 5.74) is 0.816. The molecule has 1 aliphatic rings. The van der Waals surface area contributed by atoms with Crippen molar-refractivity contribution in [1.82, 2.24) is 19.3 Å². The van der Waals surface area contributed by atoms with Crippen LogP contribution in [0.3, 0.4) is 0 Å². The van der Waals surface area contributed by atoms with E-state index in [0.717, 1.165) is 12.0 Å². The van der Waals surface area contributed by atoms with Crippen LogP contribution in [0, 0.1) is 0 Å². The summed E-state index contributed by atoms with van der Waals surface area (Å²) in [6.45, 7) is 1.01. The molecule has 3 rings (SSSR count). The van der Waals surface area contributed by atoms with Crippen molar-refractivity contribution in [3.63, 3.8) is 0 Å². The van der Waals surface area contributed by atoms with Crippen LogP contribution >= 0.6 is 0 Å². The molecule has 1 atom stereocenters. The largest absolute Gasteiger partial charge is 0.248 e. The maximum atomic E-state index is 12.4. The zero-order valence-electron chi connectivity index (χ0n) is 11.0. The molecule has 1 aliphatic heterocycles. The second-order valence-electron chi connectivity index (χ2n) is 4.93. The SMILES string of the molecule is O=S(=O)(Cc1ccccc1)N1CC[C@H](n2ccnn2)C1. The molecule has 1 fully saturated rings. The molecule has 1 saturated heterocycles. The van der Waals surface area contributed by atoms with Gasteiger partial charge in [-0.3, -0.25) is 0 Å². The second kappa shape index (κ2) is 5.34. The Kier molecular flexibility index (Phi) is 3.54. The van der Waals surface area contributed by atoms with Gasteiger partial charge in [-0.2, -0.15) is 4.31 Å². The van der Waals surface area contributed by atoms with E-state index in [9.17, 15) is 8.42 Å². The van der Waals surface area contributed by atoms with E-state index in [2.05, 4.69) is 10.3 Å².